The number of rotatable bonds is 15. The van der Waals surface area contributed by atoms with E-state index < -0.39 is 108 Å². The molecular formula is C43H58F2N6O8. The van der Waals surface area contributed by atoms with Crippen molar-refractivity contribution >= 4 is 41.4 Å². The maximum atomic E-state index is 14.4. The molecule has 0 spiro atoms. The first-order valence-electron chi connectivity index (χ1n) is 20.0. The smallest absolute Gasteiger partial charge is 0.408 e. The summed E-state index contributed by atoms with van der Waals surface area (Å²) >= 11 is 0. The molecule has 1 aliphatic carbocycles. The van der Waals surface area contributed by atoms with Crippen LogP contribution in [0.3, 0.4) is 0 Å². The fourth-order valence-electron chi connectivity index (χ4n) is 7.43. The largest absolute Gasteiger partial charge is 0.444 e. The van der Waals surface area contributed by atoms with E-state index in [-0.39, 0.29) is 38.6 Å². The number of hydrogen-bond acceptors (Lipinski definition) is 8. The van der Waals surface area contributed by atoms with Gasteiger partial charge in [-0.25, -0.2) is 13.6 Å². The molecule has 1 aliphatic heterocycles. The second-order valence-corrected chi connectivity index (χ2v) is 17.4. The minimum atomic E-state index is -2.90. The van der Waals surface area contributed by atoms with Crippen molar-refractivity contribution in [2.75, 3.05) is 27.2 Å². The molecule has 4 rings (SSSR count). The van der Waals surface area contributed by atoms with E-state index in [0.717, 1.165) is 5.56 Å². The van der Waals surface area contributed by atoms with Crippen LogP contribution in [0.5, 0.6) is 0 Å². The molecule has 1 saturated heterocycles. The predicted molar refractivity (Wildman–Crippen MR) is 215 cm³/mol. The van der Waals surface area contributed by atoms with Gasteiger partial charge in [-0.3, -0.25) is 28.8 Å². The molecule has 1 heterocycles. The fraction of sp³-hybridized carbons (Fsp3) is 0.558. The molecule has 2 aromatic carbocycles. The Bertz CT molecular complexity index is 1830. The first-order chi connectivity index (χ1) is 27.6. The van der Waals surface area contributed by atoms with Crippen LogP contribution < -0.4 is 21.3 Å². The lowest BCUT2D eigenvalue weighted by atomic mass is 9.81. The van der Waals surface area contributed by atoms with Gasteiger partial charge in [-0.1, -0.05) is 74.5 Å². The third kappa shape index (κ3) is 13.6. The van der Waals surface area contributed by atoms with Crippen molar-refractivity contribution in [2.24, 2.45) is 11.3 Å². The van der Waals surface area contributed by atoms with Gasteiger partial charge in [-0.15, -0.1) is 0 Å². The molecule has 4 N–H and O–H groups in total. The van der Waals surface area contributed by atoms with E-state index in [0.29, 0.717) is 5.56 Å². The van der Waals surface area contributed by atoms with Gasteiger partial charge in [0.25, 0.3) is 5.91 Å². The predicted octanol–water partition coefficient (Wildman–Crippen LogP) is 4.08. The number of nitrogens with zero attached hydrogens (tertiary/aromatic N) is 2. The van der Waals surface area contributed by atoms with E-state index in [1.54, 1.807) is 63.2 Å². The summed E-state index contributed by atoms with van der Waals surface area (Å²) in [5.41, 5.74) is -0.180. The number of ether oxygens (including phenoxy) is 1. The quantitative estimate of drug-likeness (QED) is 0.194. The third-order valence-corrected chi connectivity index (χ3v) is 10.4. The molecule has 0 bridgehead atoms. The number of carbonyl (C=O) groups excluding carboxylic acids is 7. The summed E-state index contributed by atoms with van der Waals surface area (Å²) in [6, 6.07) is 12.8. The molecule has 59 heavy (non-hydrogen) atoms. The fourth-order valence-corrected chi connectivity index (χ4v) is 7.43. The molecule has 14 nitrogen and oxygen atoms in total. The number of Topliss-reactive ketones (excluding diaryl/α,β-unsaturated/α-hetero) is 1. The summed E-state index contributed by atoms with van der Waals surface area (Å²) in [7, 11) is 3.08. The average molecular weight is 825 g/mol. The zero-order chi connectivity index (χ0) is 43.7. The van der Waals surface area contributed by atoms with Crippen LogP contribution in [0, 0.1) is 11.3 Å². The van der Waals surface area contributed by atoms with Crippen molar-refractivity contribution in [3.8, 4) is 0 Å². The number of benzene rings is 2. The van der Waals surface area contributed by atoms with Crippen molar-refractivity contribution < 1.29 is 47.1 Å². The molecule has 1 saturated carbocycles. The van der Waals surface area contributed by atoms with E-state index >= 15 is 0 Å². The van der Waals surface area contributed by atoms with Crippen LogP contribution in [0.15, 0.2) is 60.7 Å². The molecule has 4 atom stereocenters. The maximum Gasteiger partial charge on any atom is 0.408 e. The van der Waals surface area contributed by atoms with Crippen LogP contribution >= 0.6 is 0 Å². The van der Waals surface area contributed by atoms with Crippen LogP contribution in [0.2, 0.25) is 0 Å². The van der Waals surface area contributed by atoms with E-state index in [9.17, 15) is 42.3 Å². The number of hydrogen-bond donors (Lipinski definition) is 4. The Kier molecular flexibility index (Phi) is 15.3. The lowest BCUT2D eigenvalue weighted by Gasteiger charge is -2.37. The van der Waals surface area contributed by atoms with Crippen LogP contribution in [0.4, 0.5) is 13.6 Å². The van der Waals surface area contributed by atoms with Crippen LogP contribution in [0.25, 0.3) is 0 Å². The molecule has 322 valence electrons. The first-order valence-corrected chi connectivity index (χ1v) is 20.0. The number of nitrogens with one attached hydrogen (secondary N) is 4. The minimum Gasteiger partial charge on any atom is -0.444 e. The van der Waals surface area contributed by atoms with E-state index in [1.165, 1.54) is 23.9 Å². The van der Waals surface area contributed by atoms with Crippen molar-refractivity contribution in [2.45, 2.75) is 115 Å². The summed E-state index contributed by atoms with van der Waals surface area (Å²) in [6.45, 7) is 8.08. The highest BCUT2D eigenvalue weighted by Crippen LogP contribution is 2.40. The van der Waals surface area contributed by atoms with Gasteiger partial charge in [-0.05, 0) is 75.3 Å². The number of halogens is 2. The van der Waals surface area contributed by atoms with Gasteiger partial charge in [0.1, 0.15) is 23.7 Å². The minimum absolute atomic E-state index is 0.00914. The van der Waals surface area contributed by atoms with Gasteiger partial charge in [0.2, 0.25) is 35.3 Å². The molecule has 4 unspecified atom stereocenters. The van der Waals surface area contributed by atoms with E-state index in [2.05, 4.69) is 21.3 Å². The SMILES string of the molecule is CN(C)C(=O)C(NC(=O)CNC(=O)C(=O)C(CCc1ccccc1)NC(=O)C1CC(C)(C)CN1C(=O)C(NC(=O)OC(C)(C)C)C1CCC(F)(F)CC1)c1ccccc1. The van der Waals surface area contributed by atoms with E-state index in [4.69, 9.17) is 4.74 Å². The molecule has 6 amide bonds. The van der Waals surface area contributed by atoms with Crippen LogP contribution in [0.1, 0.15) is 90.3 Å². The Morgan fingerprint density at radius 1 is 0.881 bits per heavy atom. The maximum absolute atomic E-state index is 14.4. The van der Waals surface area contributed by atoms with Crippen LogP contribution in [-0.2, 0) is 39.9 Å². The van der Waals surface area contributed by atoms with Gasteiger partial charge in [0.15, 0.2) is 0 Å². The Hall–Kier alpha value is -5.41. The lowest BCUT2D eigenvalue weighted by Crippen LogP contribution is -2.58. The zero-order valence-corrected chi connectivity index (χ0v) is 34.9. The standard InChI is InChI=1S/C43H58F2N6O8/c1-41(2,3)59-40(58)49-34(29-20-22-43(44,45)23-21-29)39(57)51-26-42(4,5)24-31(51)36(54)47-30(19-18-27-14-10-8-11-15-27)35(53)37(55)46-25-32(52)48-33(38(56)50(6)7)28-16-12-9-13-17-28/h8-17,29-31,33-34H,18-26H2,1-7H3,(H,46,55)(H,47,54)(H,48,52)(H,49,58). The highest BCUT2D eigenvalue weighted by molar-refractivity contribution is 6.38. The number of alkyl carbamates (subject to hydrolysis) is 1. The highest BCUT2D eigenvalue weighted by atomic mass is 19.3. The highest BCUT2D eigenvalue weighted by Gasteiger charge is 2.49. The summed E-state index contributed by atoms with van der Waals surface area (Å²) in [5, 5.41) is 10.2. The number of ketones is 1. The second kappa shape index (κ2) is 19.6. The molecule has 0 aromatic heterocycles. The number of alkyl halides is 2. The van der Waals surface area contributed by atoms with Gasteiger partial charge in [0, 0.05) is 33.5 Å². The monoisotopic (exact) mass is 824 g/mol. The van der Waals surface area contributed by atoms with Crippen molar-refractivity contribution in [3.63, 3.8) is 0 Å². The molecule has 2 fully saturated rings. The second-order valence-electron chi connectivity index (χ2n) is 17.4. The Morgan fingerprint density at radius 2 is 1.47 bits per heavy atom. The number of carbonyl (C=O) groups is 7. The van der Waals surface area contributed by atoms with E-state index in [1.807, 2.05) is 32.0 Å². The third-order valence-electron chi connectivity index (χ3n) is 10.4. The van der Waals surface area contributed by atoms with Crippen molar-refractivity contribution in [3.05, 3.63) is 71.8 Å². The number of likely N-dealkylation sites (N-methyl/N-ethyl adjacent to an activating group) is 1. The number of aryl methyl sites for hydroxylation is 1. The van der Waals surface area contributed by atoms with Crippen molar-refractivity contribution in [1.29, 1.82) is 0 Å². The molecular weight excluding hydrogens is 767 g/mol. The summed E-state index contributed by atoms with van der Waals surface area (Å²) in [4.78, 5) is 97.4. The lowest BCUT2D eigenvalue weighted by molar-refractivity contribution is -0.144. The molecule has 2 aromatic rings. The summed E-state index contributed by atoms with van der Waals surface area (Å²) in [6.07, 6.45) is -1.50. The Labute approximate surface area is 344 Å². The van der Waals surface area contributed by atoms with Gasteiger partial charge in [-0.2, -0.15) is 0 Å². The number of amides is 6. The van der Waals surface area contributed by atoms with Gasteiger partial charge in [0.05, 0.1) is 12.6 Å². The van der Waals surface area contributed by atoms with Crippen LogP contribution in [-0.4, -0.2) is 108 Å². The first kappa shape index (κ1) is 46.3. The molecule has 0 radical (unpaired) electrons. The van der Waals surface area contributed by atoms with Crippen molar-refractivity contribution in [1.82, 2.24) is 31.1 Å². The zero-order valence-electron chi connectivity index (χ0n) is 34.9. The molecule has 16 heteroatoms. The molecule has 2 aliphatic rings. The normalized spacial score (nSPS) is 19.0. The van der Waals surface area contributed by atoms with Gasteiger partial charge >= 0.3 is 6.09 Å². The topological polar surface area (TPSA) is 183 Å². The average Bonchev–Trinajstić information content (AvgIpc) is 3.51. The number of likely N-dealkylation sites (tertiary alicyclic amines) is 1. The Morgan fingerprint density at radius 3 is 2.05 bits per heavy atom. The summed E-state index contributed by atoms with van der Waals surface area (Å²) in [5.74, 6) is -8.26. The van der Waals surface area contributed by atoms with Gasteiger partial charge < -0.3 is 35.8 Å². The Balaban J connectivity index is 1.53. The summed E-state index contributed by atoms with van der Waals surface area (Å²) < 4.78 is 33.9.